The van der Waals surface area contributed by atoms with Gasteiger partial charge >= 0.3 is 5.97 Å². The van der Waals surface area contributed by atoms with Gasteiger partial charge in [0.2, 0.25) is 5.43 Å². The summed E-state index contributed by atoms with van der Waals surface area (Å²) in [5, 5.41) is 12.0. The van der Waals surface area contributed by atoms with Crippen molar-refractivity contribution in [2.24, 2.45) is 0 Å². The minimum Gasteiger partial charge on any atom is -0.477 e. The summed E-state index contributed by atoms with van der Waals surface area (Å²) >= 11 is 0. The minimum atomic E-state index is -1.46. The molecule has 1 aromatic heterocycles. The fourth-order valence-electron chi connectivity index (χ4n) is 4.10. The van der Waals surface area contributed by atoms with Crippen molar-refractivity contribution >= 4 is 40.7 Å². The second-order valence-electron chi connectivity index (χ2n) is 7.50. The Hall–Kier alpha value is -2.43. The van der Waals surface area contributed by atoms with E-state index in [1.54, 1.807) is 7.05 Å². The number of anilines is 2. The van der Waals surface area contributed by atoms with Gasteiger partial charge in [-0.2, -0.15) is 0 Å². The van der Waals surface area contributed by atoms with Crippen LogP contribution in [0.1, 0.15) is 29.2 Å². The number of fused-ring (bicyclic) bond motifs is 1. The largest absolute Gasteiger partial charge is 0.477 e. The van der Waals surface area contributed by atoms with Crippen LogP contribution in [-0.4, -0.2) is 55.0 Å². The van der Waals surface area contributed by atoms with Gasteiger partial charge < -0.3 is 30.4 Å². The Labute approximate surface area is 177 Å². The number of ether oxygens (including phenoxy) is 1. The lowest BCUT2D eigenvalue weighted by atomic mass is 10.1. The van der Waals surface area contributed by atoms with Crippen LogP contribution in [0.2, 0.25) is 0 Å². The Morgan fingerprint density at radius 1 is 1.30 bits per heavy atom. The summed E-state index contributed by atoms with van der Waals surface area (Å²) in [6, 6.07) is -0.297. The van der Waals surface area contributed by atoms with E-state index in [2.05, 4.69) is 5.32 Å². The first kappa shape index (κ1) is 22.3. The van der Waals surface area contributed by atoms with Crippen molar-refractivity contribution in [1.29, 1.82) is 0 Å². The van der Waals surface area contributed by atoms with E-state index in [9.17, 15) is 14.7 Å². The fourth-order valence-corrected chi connectivity index (χ4v) is 4.10. The highest BCUT2D eigenvalue weighted by Gasteiger charge is 2.37. The van der Waals surface area contributed by atoms with E-state index >= 15 is 8.78 Å². The van der Waals surface area contributed by atoms with Gasteiger partial charge in [0, 0.05) is 32.4 Å². The number of benzene rings is 1. The predicted octanol–water partition coefficient (Wildman–Crippen LogP) is 1.74. The van der Waals surface area contributed by atoms with Crippen molar-refractivity contribution in [1.82, 2.24) is 9.88 Å². The summed E-state index contributed by atoms with van der Waals surface area (Å²) in [6.45, 7) is 0.524. The number of nitrogens with one attached hydrogen (secondary N) is 1. The third kappa shape index (κ3) is 3.28. The average molecular weight is 445 g/mol. The lowest BCUT2D eigenvalue weighted by Gasteiger charge is -2.23. The van der Waals surface area contributed by atoms with Gasteiger partial charge in [0.05, 0.1) is 28.7 Å². The zero-order chi connectivity index (χ0) is 21.0. The van der Waals surface area contributed by atoms with E-state index in [1.165, 1.54) is 16.6 Å². The second-order valence-corrected chi connectivity index (χ2v) is 7.50. The molecule has 2 atom stereocenters. The number of nitrogen functional groups attached to an aromatic ring is 1. The Morgan fingerprint density at radius 3 is 2.47 bits per heavy atom. The monoisotopic (exact) mass is 444 g/mol. The summed E-state index contributed by atoms with van der Waals surface area (Å²) in [5.41, 5.74) is 3.36. The molecule has 11 heteroatoms. The van der Waals surface area contributed by atoms with Crippen LogP contribution in [0.15, 0.2) is 11.0 Å². The smallest absolute Gasteiger partial charge is 0.341 e. The highest BCUT2D eigenvalue weighted by molar-refractivity contribution is 5.99. The van der Waals surface area contributed by atoms with Gasteiger partial charge in [0.1, 0.15) is 11.3 Å². The summed E-state index contributed by atoms with van der Waals surface area (Å²) in [5.74, 6) is -3.45. The number of halogens is 3. The number of nitrogens with zero attached hydrogens (tertiary/aromatic N) is 2. The van der Waals surface area contributed by atoms with Crippen LogP contribution < -0.4 is 21.4 Å². The maximum Gasteiger partial charge on any atom is 0.341 e. The van der Waals surface area contributed by atoms with E-state index in [1.807, 2.05) is 0 Å². The van der Waals surface area contributed by atoms with Crippen LogP contribution in [0.4, 0.5) is 20.2 Å². The summed E-state index contributed by atoms with van der Waals surface area (Å²) in [7, 11) is 3.26. The van der Waals surface area contributed by atoms with Crippen molar-refractivity contribution in [2.75, 3.05) is 37.9 Å². The number of carbonyl (C=O) groups is 1. The third-order valence-corrected chi connectivity index (χ3v) is 5.79. The van der Waals surface area contributed by atoms with Gasteiger partial charge in [-0.05, 0) is 19.9 Å². The number of carboxylic acid groups (broad SMARTS) is 1. The highest BCUT2D eigenvalue weighted by Crippen LogP contribution is 2.42. The number of pyridine rings is 1. The van der Waals surface area contributed by atoms with Crippen molar-refractivity contribution in [3.05, 3.63) is 33.6 Å². The van der Waals surface area contributed by atoms with Gasteiger partial charge in [0.25, 0.3) is 0 Å². The summed E-state index contributed by atoms with van der Waals surface area (Å²) < 4.78 is 37.7. The lowest BCUT2D eigenvalue weighted by Crippen LogP contribution is -2.37. The third-order valence-electron chi connectivity index (χ3n) is 5.79. The molecular formula is C19H23ClF2N4O4. The molecule has 1 saturated heterocycles. The molecule has 0 amide bonds. The molecule has 2 heterocycles. The Bertz CT molecular complexity index is 1060. The topological polar surface area (TPSA) is 110 Å². The first-order valence-corrected chi connectivity index (χ1v) is 9.33. The zero-order valence-corrected chi connectivity index (χ0v) is 17.3. The molecule has 4 rings (SSSR count). The molecule has 1 aliphatic carbocycles. The molecule has 2 unspecified atom stereocenters. The van der Waals surface area contributed by atoms with Crippen molar-refractivity contribution in [2.45, 2.75) is 31.0 Å². The van der Waals surface area contributed by atoms with E-state index in [0.717, 1.165) is 6.20 Å². The fraction of sp³-hybridized carbons (Fsp3) is 0.474. The molecule has 8 nitrogen and oxygen atoms in total. The molecule has 2 aromatic rings. The maximum absolute atomic E-state index is 15.7. The second kappa shape index (κ2) is 8.01. The van der Waals surface area contributed by atoms with Crippen LogP contribution in [0, 0.1) is 11.6 Å². The van der Waals surface area contributed by atoms with Gasteiger partial charge in [-0.3, -0.25) is 4.79 Å². The van der Waals surface area contributed by atoms with Gasteiger partial charge in [0.15, 0.2) is 11.6 Å². The molecule has 0 radical (unpaired) electrons. The van der Waals surface area contributed by atoms with Crippen molar-refractivity contribution in [3.63, 3.8) is 0 Å². The number of nitrogens with two attached hydrogens (primary N) is 1. The van der Waals surface area contributed by atoms with E-state index in [0.29, 0.717) is 12.8 Å². The van der Waals surface area contributed by atoms with Gasteiger partial charge in [-0.15, -0.1) is 12.4 Å². The normalized spacial score (nSPS) is 21.1. The minimum absolute atomic E-state index is 0. The van der Waals surface area contributed by atoms with Crippen LogP contribution in [-0.2, 0) is 4.74 Å². The SMILES string of the molecule is CNC1CN(c2c(F)c(N)c3c(=O)c(C(=O)O)cn(C4CC4)c3c2F)CC1OC.Cl. The molecule has 1 saturated carbocycles. The maximum atomic E-state index is 15.7. The van der Waals surface area contributed by atoms with Crippen molar-refractivity contribution < 1.29 is 23.4 Å². The van der Waals surface area contributed by atoms with Crippen LogP contribution in [0.25, 0.3) is 10.9 Å². The molecule has 1 aliphatic heterocycles. The number of methoxy groups -OCH3 is 1. The number of likely N-dealkylation sites (N-methyl/N-ethyl adjacent to an activating group) is 1. The molecule has 164 valence electrons. The number of carboxylic acids is 1. The van der Waals surface area contributed by atoms with Gasteiger partial charge in [-0.1, -0.05) is 0 Å². The molecule has 0 bridgehead atoms. The number of rotatable bonds is 5. The van der Waals surface area contributed by atoms with Crippen LogP contribution >= 0.6 is 12.4 Å². The quantitative estimate of drug-likeness (QED) is 0.602. The Morgan fingerprint density at radius 2 is 1.97 bits per heavy atom. The Kier molecular flexibility index (Phi) is 5.94. The van der Waals surface area contributed by atoms with E-state index in [-0.39, 0.29) is 54.9 Å². The molecule has 1 aromatic carbocycles. The molecular weight excluding hydrogens is 422 g/mol. The van der Waals surface area contributed by atoms with E-state index in [4.69, 9.17) is 10.5 Å². The zero-order valence-electron chi connectivity index (χ0n) is 16.4. The Balaban J connectivity index is 0.00000256. The number of aromatic carboxylic acids is 1. The van der Waals surface area contributed by atoms with Crippen molar-refractivity contribution in [3.8, 4) is 0 Å². The van der Waals surface area contributed by atoms with Crippen LogP contribution in [0.3, 0.4) is 0 Å². The number of aromatic nitrogens is 1. The summed E-state index contributed by atoms with van der Waals surface area (Å²) in [4.78, 5) is 25.7. The summed E-state index contributed by atoms with van der Waals surface area (Å²) in [6.07, 6.45) is 2.27. The number of hydrogen-bond donors (Lipinski definition) is 3. The molecule has 2 fully saturated rings. The predicted molar refractivity (Wildman–Crippen MR) is 111 cm³/mol. The van der Waals surface area contributed by atoms with Gasteiger partial charge in [-0.25, -0.2) is 13.6 Å². The molecule has 30 heavy (non-hydrogen) atoms. The van der Waals surface area contributed by atoms with Crippen LogP contribution in [0.5, 0.6) is 0 Å². The first-order chi connectivity index (χ1) is 13.8. The van der Waals surface area contributed by atoms with E-state index < -0.39 is 39.7 Å². The number of hydrogen-bond acceptors (Lipinski definition) is 6. The molecule has 2 aliphatic rings. The standard InChI is InChI=1S/C19H22F2N4O4.ClH/c1-23-10-6-24(7-11(10)29-2)17-13(20)15(22)12-16(14(17)21)25(8-3-4-8)5-9(18(12)26)19(27)28;/h5,8,10-11,23H,3-4,6-7,22H2,1-2H3,(H,27,28);1H. The average Bonchev–Trinajstić information content (AvgIpc) is 3.45. The highest BCUT2D eigenvalue weighted by atomic mass is 35.5. The molecule has 4 N–H and O–H groups in total. The first-order valence-electron chi connectivity index (χ1n) is 9.33. The lowest BCUT2D eigenvalue weighted by molar-refractivity contribution is 0.0694. The molecule has 0 spiro atoms.